The van der Waals surface area contributed by atoms with Crippen molar-refractivity contribution in [3.8, 4) is 0 Å². The van der Waals surface area contributed by atoms with E-state index in [4.69, 9.17) is 0 Å². The lowest BCUT2D eigenvalue weighted by Crippen LogP contribution is -2.13. The second-order valence-corrected chi connectivity index (χ2v) is 8.99. The Labute approximate surface area is 166 Å². The van der Waals surface area contributed by atoms with Gasteiger partial charge in [0.1, 0.15) is 0 Å². The van der Waals surface area contributed by atoms with Crippen LogP contribution < -0.4 is 0 Å². The molecule has 0 unspecified atom stereocenters. The summed E-state index contributed by atoms with van der Waals surface area (Å²) in [5, 5.41) is 0. The molecule has 0 fully saturated rings. The summed E-state index contributed by atoms with van der Waals surface area (Å²) >= 11 is 7.68. The van der Waals surface area contributed by atoms with Crippen LogP contribution in [0.2, 0.25) is 0 Å². The van der Waals surface area contributed by atoms with Crippen LogP contribution in [0.25, 0.3) is 0 Å². The van der Waals surface area contributed by atoms with Crippen LogP contribution in [0.3, 0.4) is 0 Å². The minimum Gasteiger partial charge on any atom is -0.466 e. The molecule has 0 aromatic carbocycles. The molecule has 2 atom stereocenters. The Kier molecular flexibility index (Phi) is 16.7. The number of hydrogen-bond acceptors (Lipinski definition) is 2. The molecule has 0 saturated carbocycles. The van der Waals surface area contributed by atoms with Crippen molar-refractivity contribution in [3.05, 3.63) is 12.2 Å². The zero-order chi connectivity index (χ0) is 18.2. The molecule has 0 heterocycles. The number of carbonyl (C=O) groups is 1. The zero-order valence-corrected chi connectivity index (χ0v) is 18.8. The van der Waals surface area contributed by atoms with Crippen molar-refractivity contribution < 1.29 is 9.53 Å². The highest BCUT2D eigenvalue weighted by Crippen LogP contribution is 2.25. The SMILES string of the molecule is C=C(CCCCCC[C@@H](Br)[C@@H](Br)CCCCCCCC)C(=O)OC. The van der Waals surface area contributed by atoms with E-state index in [1.54, 1.807) is 0 Å². The number of hydrogen-bond donors (Lipinski definition) is 0. The quantitative estimate of drug-likeness (QED) is 0.103. The van der Waals surface area contributed by atoms with Gasteiger partial charge in [-0.15, -0.1) is 0 Å². The molecule has 2 nitrogen and oxygen atoms in total. The summed E-state index contributed by atoms with van der Waals surface area (Å²) in [6.45, 7) is 6.02. The van der Waals surface area contributed by atoms with E-state index >= 15 is 0 Å². The molecule has 0 rings (SSSR count). The van der Waals surface area contributed by atoms with Crippen LogP contribution in [0.4, 0.5) is 0 Å². The maximum absolute atomic E-state index is 11.2. The molecular weight excluding hydrogens is 432 g/mol. The molecule has 0 amide bonds. The molecule has 0 saturated heterocycles. The average molecular weight is 468 g/mol. The summed E-state index contributed by atoms with van der Waals surface area (Å²) < 4.78 is 4.66. The van der Waals surface area contributed by atoms with E-state index in [9.17, 15) is 4.79 Å². The number of carbonyl (C=O) groups excluding carboxylic acids is 1. The first-order valence-corrected chi connectivity index (χ1v) is 11.4. The Morgan fingerprint density at radius 1 is 0.875 bits per heavy atom. The molecule has 0 N–H and O–H groups in total. The molecule has 24 heavy (non-hydrogen) atoms. The van der Waals surface area contributed by atoms with E-state index in [1.807, 2.05) is 0 Å². The van der Waals surface area contributed by atoms with Crippen LogP contribution in [0, 0.1) is 0 Å². The fourth-order valence-corrected chi connectivity index (χ4v) is 3.94. The molecular formula is C20H36Br2O2. The molecule has 0 radical (unpaired) electrons. The summed E-state index contributed by atoms with van der Waals surface area (Å²) in [7, 11) is 1.41. The molecule has 0 aliphatic carbocycles. The monoisotopic (exact) mass is 466 g/mol. The second kappa shape index (κ2) is 16.6. The first-order chi connectivity index (χ1) is 11.5. The van der Waals surface area contributed by atoms with Gasteiger partial charge in [0.2, 0.25) is 0 Å². The third-order valence-electron chi connectivity index (χ3n) is 4.41. The summed E-state index contributed by atoms with van der Waals surface area (Å²) in [6.07, 6.45) is 16.0. The highest BCUT2D eigenvalue weighted by atomic mass is 79.9. The smallest absolute Gasteiger partial charge is 0.333 e. The molecule has 0 aromatic rings. The lowest BCUT2D eigenvalue weighted by atomic mass is 10.0. The van der Waals surface area contributed by atoms with Gasteiger partial charge in [-0.1, -0.05) is 103 Å². The van der Waals surface area contributed by atoms with Crippen LogP contribution in [0.15, 0.2) is 12.2 Å². The highest BCUT2D eigenvalue weighted by Gasteiger charge is 2.14. The van der Waals surface area contributed by atoms with Gasteiger partial charge in [0.15, 0.2) is 0 Å². The van der Waals surface area contributed by atoms with Crippen molar-refractivity contribution in [1.29, 1.82) is 0 Å². The van der Waals surface area contributed by atoms with Crippen molar-refractivity contribution in [3.63, 3.8) is 0 Å². The van der Waals surface area contributed by atoms with E-state index in [1.165, 1.54) is 71.3 Å². The standard InChI is InChI=1S/C20H36Br2O2/c1-4-5-6-7-8-12-15-18(21)19(22)16-13-10-9-11-14-17(2)20(23)24-3/h18-19H,2,4-16H2,1,3H3/t18-,19+/m0/s1. The summed E-state index contributed by atoms with van der Waals surface area (Å²) in [5.74, 6) is -0.271. The predicted octanol–water partition coefficient (Wildman–Crippen LogP) is 7.33. The predicted molar refractivity (Wildman–Crippen MR) is 112 cm³/mol. The van der Waals surface area contributed by atoms with Gasteiger partial charge in [0, 0.05) is 15.2 Å². The Morgan fingerprint density at radius 2 is 1.33 bits per heavy atom. The van der Waals surface area contributed by atoms with Gasteiger partial charge < -0.3 is 4.74 Å². The Morgan fingerprint density at radius 3 is 1.83 bits per heavy atom. The summed E-state index contributed by atoms with van der Waals surface area (Å²) in [6, 6.07) is 0. The van der Waals surface area contributed by atoms with Crippen molar-refractivity contribution in [1.82, 2.24) is 0 Å². The Hall–Kier alpha value is 0.170. The van der Waals surface area contributed by atoms with Gasteiger partial charge in [-0.05, 0) is 25.7 Å². The van der Waals surface area contributed by atoms with Crippen molar-refractivity contribution in [2.24, 2.45) is 0 Å². The fraction of sp³-hybridized carbons (Fsp3) is 0.850. The third-order valence-corrected chi connectivity index (χ3v) is 7.31. The minimum atomic E-state index is -0.271. The first-order valence-electron chi connectivity index (χ1n) is 9.57. The number of alkyl halides is 2. The Balaban J connectivity index is 3.52. The largest absolute Gasteiger partial charge is 0.466 e. The van der Waals surface area contributed by atoms with Crippen LogP contribution in [-0.2, 0) is 9.53 Å². The van der Waals surface area contributed by atoms with Gasteiger partial charge in [-0.25, -0.2) is 4.79 Å². The number of halogens is 2. The van der Waals surface area contributed by atoms with Gasteiger partial charge in [-0.2, -0.15) is 0 Å². The average Bonchev–Trinajstić information content (AvgIpc) is 2.59. The van der Waals surface area contributed by atoms with Gasteiger partial charge in [-0.3, -0.25) is 0 Å². The van der Waals surface area contributed by atoms with Crippen LogP contribution in [-0.4, -0.2) is 22.7 Å². The van der Waals surface area contributed by atoms with E-state index < -0.39 is 0 Å². The van der Waals surface area contributed by atoms with Crippen LogP contribution in [0.5, 0.6) is 0 Å². The topological polar surface area (TPSA) is 26.3 Å². The zero-order valence-electron chi connectivity index (χ0n) is 15.6. The lowest BCUT2D eigenvalue weighted by molar-refractivity contribution is -0.136. The van der Waals surface area contributed by atoms with E-state index in [-0.39, 0.29) is 5.97 Å². The van der Waals surface area contributed by atoms with Gasteiger partial charge >= 0.3 is 5.97 Å². The second-order valence-electron chi connectivity index (χ2n) is 6.64. The Bertz CT molecular complexity index is 332. The molecule has 0 aromatic heterocycles. The molecule has 142 valence electrons. The molecule has 0 spiro atoms. The van der Waals surface area contributed by atoms with Crippen molar-refractivity contribution in [2.45, 2.75) is 100 Å². The third kappa shape index (κ3) is 13.5. The van der Waals surface area contributed by atoms with E-state index in [0.29, 0.717) is 15.2 Å². The van der Waals surface area contributed by atoms with Crippen molar-refractivity contribution in [2.75, 3.05) is 7.11 Å². The van der Waals surface area contributed by atoms with Crippen molar-refractivity contribution >= 4 is 37.8 Å². The number of ether oxygens (including phenoxy) is 1. The van der Waals surface area contributed by atoms with Crippen LogP contribution >= 0.6 is 31.9 Å². The number of unbranched alkanes of at least 4 members (excludes halogenated alkanes) is 8. The molecule has 4 heteroatoms. The molecule has 0 bridgehead atoms. The number of rotatable bonds is 16. The molecule has 0 aliphatic rings. The number of esters is 1. The molecule has 0 aliphatic heterocycles. The van der Waals surface area contributed by atoms with Gasteiger partial charge in [0.25, 0.3) is 0 Å². The minimum absolute atomic E-state index is 0.271. The highest BCUT2D eigenvalue weighted by molar-refractivity contribution is 9.12. The maximum Gasteiger partial charge on any atom is 0.333 e. The lowest BCUT2D eigenvalue weighted by Gasteiger charge is -2.16. The fourth-order valence-electron chi connectivity index (χ4n) is 2.76. The maximum atomic E-state index is 11.2. The number of methoxy groups -OCH3 is 1. The van der Waals surface area contributed by atoms with Crippen LogP contribution in [0.1, 0.15) is 90.4 Å². The van der Waals surface area contributed by atoms with E-state index in [0.717, 1.165) is 19.3 Å². The summed E-state index contributed by atoms with van der Waals surface area (Å²) in [5.41, 5.74) is 0.593. The first kappa shape index (κ1) is 24.2. The van der Waals surface area contributed by atoms with Gasteiger partial charge in [0.05, 0.1) is 7.11 Å². The normalized spacial score (nSPS) is 13.5. The van der Waals surface area contributed by atoms with E-state index in [2.05, 4.69) is 50.1 Å². The summed E-state index contributed by atoms with van der Waals surface area (Å²) in [4.78, 5) is 12.4.